The molecule has 0 spiro atoms. The van der Waals surface area contributed by atoms with Crippen LogP contribution in [-0.4, -0.2) is 40.4 Å². The lowest BCUT2D eigenvalue weighted by atomic mass is 9.93. The first-order valence-electron chi connectivity index (χ1n) is 10.4. The molecule has 1 aliphatic heterocycles. The Balaban J connectivity index is 1.54. The molecule has 0 bridgehead atoms. The maximum atomic E-state index is 13.5. The highest BCUT2D eigenvalue weighted by Crippen LogP contribution is 2.48. The molecule has 1 aliphatic carbocycles. The number of amides is 1. The summed E-state index contributed by atoms with van der Waals surface area (Å²) in [5, 5.41) is 12.2. The van der Waals surface area contributed by atoms with Gasteiger partial charge in [-0.2, -0.15) is 17.0 Å². The van der Waals surface area contributed by atoms with E-state index in [9.17, 15) is 10.1 Å². The van der Waals surface area contributed by atoms with Crippen LogP contribution in [0.15, 0.2) is 41.9 Å². The Morgan fingerprint density at radius 1 is 1.23 bits per heavy atom. The van der Waals surface area contributed by atoms with E-state index in [-0.39, 0.29) is 11.3 Å². The molecule has 1 aromatic carbocycles. The monoisotopic (exact) mass is 433 g/mol. The predicted octanol–water partition coefficient (Wildman–Crippen LogP) is 5.49. The topological polar surface area (TPSA) is 57.0 Å². The van der Waals surface area contributed by atoms with Crippen molar-refractivity contribution in [2.45, 2.75) is 36.3 Å². The fourth-order valence-electron chi connectivity index (χ4n) is 4.37. The van der Waals surface area contributed by atoms with Crippen molar-refractivity contribution in [1.82, 2.24) is 9.88 Å². The summed E-state index contributed by atoms with van der Waals surface area (Å²) in [4.78, 5) is 20.0. The zero-order valence-electron chi connectivity index (χ0n) is 16.9. The summed E-state index contributed by atoms with van der Waals surface area (Å²) >= 11 is 3.53. The van der Waals surface area contributed by atoms with Gasteiger partial charge >= 0.3 is 0 Å². The molecule has 2 fully saturated rings. The lowest BCUT2D eigenvalue weighted by molar-refractivity contribution is 0.0728. The van der Waals surface area contributed by atoms with Crippen LogP contribution in [0.2, 0.25) is 0 Å². The van der Waals surface area contributed by atoms with E-state index in [0.29, 0.717) is 10.8 Å². The number of benzene rings is 1. The molecule has 1 saturated carbocycles. The average Bonchev–Trinajstić information content (AvgIpc) is 3.47. The van der Waals surface area contributed by atoms with E-state index in [2.05, 4.69) is 41.6 Å². The fraction of sp³-hybridized carbons (Fsp3) is 0.375. The molecule has 0 atom stereocenters. The van der Waals surface area contributed by atoms with Gasteiger partial charge in [0, 0.05) is 30.1 Å². The van der Waals surface area contributed by atoms with Crippen molar-refractivity contribution in [2.75, 3.05) is 19.3 Å². The second-order valence-corrected chi connectivity index (χ2v) is 10.2. The molecule has 1 amide bonds. The zero-order valence-corrected chi connectivity index (χ0v) is 18.6. The van der Waals surface area contributed by atoms with Crippen LogP contribution in [0, 0.1) is 11.3 Å². The van der Waals surface area contributed by atoms with Crippen LogP contribution >= 0.6 is 23.1 Å². The molecule has 6 heteroatoms. The minimum absolute atomic E-state index is 0.0760. The molecule has 2 aromatic heterocycles. The summed E-state index contributed by atoms with van der Waals surface area (Å²) in [6.07, 6.45) is 7.85. The molecule has 0 N–H and O–H groups in total. The van der Waals surface area contributed by atoms with Gasteiger partial charge in [0.25, 0.3) is 5.91 Å². The molecule has 152 valence electrons. The fourth-order valence-corrected chi connectivity index (χ4v) is 5.97. The van der Waals surface area contributed by atoms with Crippen LogP contribution in [0.1, 0.15) is 41.6 Å². The number of thioether (sulfide) groups is 1. The molecule has 30 heavy (non-hydrogen) atoms. The van der Waals surface area contributed by atoms with Crippen LogP contribution < -0.4 is 0 Å². The smallest absolute Gasteiger partial charge is 0.256 e. The first-order chi connectivity index (χ1) is 14.6. The Morgan fingerprint density at radius 3 is 2.60 bits per heavy atom. The van der Waals surface area contributed by atoms with Gasteiger partial charge in [-0.15, -0.1) is 11.3 Å². The number of carbonyl (C=O) groups excluding carboxylic acids is 1. The van der Waals surface area contributed by atoms with Crippen molar-refractivity contribution >= 4 is 39.2 Å². The normalized spacial score (nSPS) is 18.3. The number of nitriles is 1. The molecule has 0 unspecified atom stereocenters. The van der Waals surface area contributed by atoms with Crippen molar-refractivity contribution in [3.05, 3.63) is 53.0 Å². The Labute approximate surface area is 184 Å². The van der Waals surface area contributed by atoms with E-state index in [1.165, 1.54) is 0 Å². The SMILES string of the molecule is CSC1CCN(C(=O)c2cnc3ccsc3c2-c2ccc(C3(C#N)CC3)cc2)CC1. The number of aromatic nitrogens is 1. The second kappa shape index (κ2) is 7.72. The highest BCUT2D eigenvalue weighted by atomic mass is 32.2. The minimum Gasteiger partial charge on any atom is -0.339 e. The number of likely N-dealkylation sites (tertiary alicyclic amines) is 1. The summed E-state index contributed by atoms with van der Waals surface area (Å²) in [6.45, 7) is 1.60. The summed E-state index contributed by atoms with van der Waals surface area (Å²) in [7, 11) is 0. The van der Waals surface area contributed by atoms with E-state index >= 15 is 0 Å². The summed E-state index contributed by atoms with van der Waals surface area (Å²) in [5.41, 5.74) is 4.38. The van der Waals surface area contributed by atoms with Gasteiger partial charge in [-0.3, -0.25) is 9.78 Å². The Kier molecular flexibility index (Phi) is 5.04. The van der Waals surface area contributed by atoms with Crippen molar-refractivity contribution in [2.24, 2.45) is 0 Å². The van der Waals surface area contributed by atoms with Crippen molar-refractivity contribution in [1.29, 1.82) is 5.26 Å². The third kappa shape index (κ3) is 3.30. The Morgan fingerprint density at radius 2 is 1.97 bits per heavy atom. The lowest BCUT2D eigenvalue weighted by Crippen LogP contribution is -2.39. The average molecular weight is 434 g/mol. The van der Waals surface area contributed by atoms with Gasteiger partial charge in [-0.25, -0.2) is 0 Å². The van der Waals surface area contributed by atoms with Gasteiger partial charge < -0.3 is 4.90 Å². The number of thiophene rings is 1. The van der Waals surface area contributed by atoms with Gasteiger partial charge in [0.2, 0.25) is 0 Å². The predicted molar refractivity (Wildman–Crippen MR) is 124 cm³/mol. The van der Waals surface area contributed by atoms with Gasteiger partial charge in [0.15, 0.2) is 0 Å². The van der Waals surface area contributed by atoms with Crippen LogP contribution in [0.4, 0.5) is 0 Å². The summed E-state index contributed by atoms with van der Waals surface area (Å²) in [5.74, 6) is 0.0760. The second-order valence-electron chi connectivity index (χ2n) is 8.18. The number of hydrogen-bond donors (Lipinski definition) is 0. The van der Waals surface area contributed by atoms with Crippen LogP contribution in [0.5, 0.6) is 0 Å². The largest absolute Gasteiger partial charge is 0.339 e. The van der Waals surface area contributed by atoms with Crippen LogP contribution in [-0.2, 0) is 5.41 Å². The number of nitrogens with zero attached hydrogens (tertiary/aromatic N) is 3. The molecule has 4 nitrogen and oxygen atoms in total. The molecule has 2 aliphatic rings. The number of carbonyl (C=O) groups is 1. The van der Waals surface area contributed by atoms with Gasteiger partial charge in [-0.05, 0) is 54.5 Å². The number of piperidine rings is 1. The minimum atomic E-state index is -0.296. The Bertz CT molecular complexity index is 1130. The van der Waals surface area contributed by atoms with Crippen molar-refractivity contribution < 1.29 is 4.79 Å². The first kappa shape index (κ1) is 19.6. The van der Waals surface area contributed by atoms with Gasteiger partial charge in [0.05, 0.1) is 27.3 Å². The van der Waals surface area contributed by atoms with Crippen molar-refractivity contribution in [3.8, 4) is 17.2 Å². The number of pyridine rings is 1. The highest BCUT2D eigenvalue weighted by Gasteiger charge is 2.44. The van der Waals surface area contributed by atoms with Gasteiger partial charge in [-0.1, -0.05) is 24.3 Å². The van der Waals surface area contributed by atoms with Gasteiger partial charge in [0.1, 0.15) is 0 Å². The molecular formula is C24H23N3OS2. The summed E-state index contributed by atoms with van der Waals surface area (Å²) in [6, 6.07) is 12.7. The Hall–Kier alpha value is -2.36. The van der Waals surface area contributed by atoms with Crippen molar-refractivity contribution in [3.63, 3.8) is 0 Å². The highest BCUT2D eigenvalue weighted by molar-refractivity contribution is 7.99. The van der Waals surface area contributed by atoms with E-state index in [4.69, 9.17) is 0 Å². The van der Waals surface area contributed by atoms with E-state index in [1.54, 1.807) is 17.5 Å². The zero-order chi connectivity index (χ0) is 20.7. The standard InChI is InChI=1S/C24H23N3OS2/c1-29-18-6-11-27(12-7-18)23(28)19-14-26-20-8-13-30-22(20)21(19)16-2-4-17(5-3-16)24(15-25)9-10-24/h2-5,8,13-14,18H,6-7,9-12H2,1H3. The molecule has 0 radical (unpaired) electrons. The third-order valence-corrected chi connectivity index (χ3v) is 8.52. The number of hydrogen-bond acceptors (Lipinski definition) is 5. The molecular weight excluding hydrogens is 410 g/mol. The maximum Gasteiger partial charge on any atom is 0.256 e. The molecule has 5 rings (SSSR count). The van der Waals surface area contributed by atoms with E-state index in [1.807, 2.05) is 28.1 Å². The van der Waals surface area contributed by atoms with Crippen LogP contribution in [0.3, 0.4) is 0 Å². The van der Waals surface area contributed by atoms with Crippen LogP contribution in [0.25, 0.3) is 21.3 Å². The molecule has 3 aromatic rings. The molecule has 1 saturated heterocycles. The third-order valence-electron chi connectivity index (χ3n) is 6.46. The quantitative estimate of drug-likeness (QED) is 0.546. The first-order valence-corrected chi connectivity index (χ1v) is 12.5. The lowest BCUT2D eigenvalue weighted by Gasteiger charge is -2.31. The maximum absolute atomic E-state index is 13.5. The number of rotatable bonds is 4. The molecule has 3 heterocycles. The summed E-state index contributed by atoms with van der Waals surface area (Å²) < 4.78 is 1.05. The van der Waals surface area contributed by atoms with E-state index < -0.39 is 0 Å². The van der Waals surface area contributed by atoms with E-state index in [0.717, 1.165) is 65.7 Å². The number of fused-ring (bicyclic) bond motifs is 1.